The summed E-state index contributed by atoms with van der Waals surface area (Å²) in [6.07, 6.45) is 7.74. The van der Waals surface area contributed by atoms with Gasteiger partial charge in [0.25, 0.3) is 5.91 Å². The van der Waals surface area contributed by atoms with E-state index in [9.17, 15) is 35.1 Å². The first kappa shape index (κ1) is 55.7. The minimum atomic E-state index is -2.16. The normalized spacial score (nSPS) is 45.5. The van der Waals surface area contributed by atoms with E-state index in [1.54, 1.807) is 28.3 Å². The third-order valence-corrected chi connectivity index (χ3v) is 16.3. The van der Waals surface area contributed by atoms with Crippen LogP contribution in [-0.2, 0) is 38.0 Å². The number of rotatable bonds is 6. The van der Waals surface area contributed by atoms with Gasteiger partial charge in [-0.2, -0.15) is 0 Å². The number of nitrogens with zero attached hydrogens (tertiary/aromatic N) is 1. The lowest BCUT2D eigenvalue weighted by molar-refractivity contribution is -0.318. The van der Waals surface area contributed by atoms with E-state index in [2.05, 4.69) is 32.9 Å². The van der Waals surface area contributed by atoms with Gasteiger partial charge in [-0.1, -0.05) is 72.8 Å². The van der Waals surface area contributed by atoms with E-state index in [0.29, 0.717) is 64.2 Å². The fourth-order valence-electron chi connectivity index (χ4n) is 11.9. The van der Waals surface area contributed by atoms with Crippen molar-refractivity contribution in [3.63, 3.8) is 0 Å². The predicted octanol–water partition coefficient (Wildman–Crippen LogP) is 6.69. The van der Waals surface area contributed by atoms with Crippen LogP contribution in [0.15, 0.2) is 24.3 Å². The van der Waals surface area contributed by atoms with E-state index in [0.717, 1.165) is 19.3 Å². The van der Waals surface area contributed by atoms with Crippen molar-refractivity contribution < 1.29 is 68.3 Å². The monoisotopic (exact) mass is 952 g/mol. The number of carbonyl (C=O) groups excluding carboxylic acids is 2. The molecule has 5 aliphatic rings. The number of hydrogen-bond acceptors (Lipinski definition) is 14. The highest BCUT2D eigenvalue weighted by atomic mass is 16.8. The maximum Gasteiger partial charge on any atom is 0.509 e. The molecule has 1 aliphatic carbocycles. The third kappa shape index (κ3) is 14.5. The van der Waals surface area contributed by atoms with Crippen LogP contribution >= 0.6 is 0 Å². The molecule has 386 valence electrons. The first-order valence-electron chi connectivity index (χ1n) is 25.7. The number of hydrogen-bond donors (Lipinski definition) is 5. The number of fused-ring (bicyclic) bond motifs is 5. The molecule has 21 atom stereocenters. The highest BCUT2D eigenvalue weighted by Crippen LogP contribution is 2.40. The fraction of sp³-hybridized carbons (Fsp3) is 0.885. The van der Waals surface area contributed by atoms with E-state index in [-0.39, 0.29) is 66.6 Å². The van der Waals surface area contributed by atoms with Crippen LogP contribution in [0, 0.1) is 47.3 Å². The lowest BCUT2D eigenvalue weighted by Gasteiger charge is -2.47. The molecule has 5 rings (SSSR count). The van der Waals surface area contributed by atoms with Gasteiger partial charge in [-0.25, -0.2) is 4.79 Å². The molecule has 11 unspecified atom stereocenters. The van der Waals surface area contributed by atoms with Crippen LogP contribution in [0.1, 0.15) is 138 Å². The number of piperidine rings is 1. The smallest absolute Gasteiger partial charge is 0.428 e. The minimum absolute atomic E-state index is 0.0470. The maximum absolute atomic E-state index is 14.5. The topological polar surface area (TPSA) is 203 Å². The Balaban J connectivity index is 1.44. The van der Waals surface area contributed by atoms with Gasteiger partial charge in [0.05, 0.1) is 42.7 Å². The third-order valence-electron chi connectivity index (χ3n) is 16.3. The first-order chi connectivity index (χ1) is 31.8. The highest BCUT2D eigenvalue weighted by molar-refractivity contribution is 5.82. The molecule has 4 heterocycles. The van der Waals surface area contributed by atoms with Gasteiger partial charge in [-0.3, -0.25) is 4.79 Å². The van der Waals surface area contributed by atoms with E-state index < -0.39 is 84.9 Å². The number of aliphatic hydroxyl groups excluding tert-OH is 4. The predicted molar refractivity (Wildman–Crippen MR) is 252 cm³/mol. The number of methoxy groups -OCH3 is 3. The van der Waals surface area contributed by atoms with Crippen LogP contribution in [0.2, 0.25) is 0 Å². The van der Waals surface area contributed by atoms with Gasteiger partial charge in [-0.05, 0) is 118 Å². The number of amides is 1. The van der Waals surface area contributed by atoms with Crippen molar-refractivity contribution in [2.24, 2.45) is 47.3 Å². The van der Waals surface area contributed by atoms with Gasteiger partial charge in [0, 0.05) is 46.6 Å². The van der Waals surface area contributed by atoms with Crippen LogP contribution in [0.5, 0.6) is 0 Å². The van der Waals surface area contributed by atoms with Crippen molar-refractivity contribution in [2.45, 2.75) is 218 Å². The standard InChI is InChI=1S/C52H89NO14/c1-30-16-12-11-13-17-31(2)42(61-8)28-38-21-19-36(7)52(60,67-38)48(56)49(57)53-23-15-14-18-39(53)50(58)64-43(33(4)26-37-20-22-40(54)44(27-37)62-9)29-41(55)32(3)25-35(6)46-47(63-10)45(34(5)24-30)65-51(59)66-46/h11-13,16,30-48,50,54-56,58,60H,14-15,17-29H2,1-10H3/b13-11+,16-12+/t30-,31-,32-,33-,34?,35?,36?,37?,38+,39?,40?,41+,42+,43-,44?,45?,46?,47?,48+,50-,52?/m1/s1. The van der Waals surface area contributed by atoms with Crippen LogP contribution in [0.25, 0.3) is 0 Å². The second-order valence-electron chi connectivity index (χ2n) is 21.6. The van der Waals surface area contributed by atoms with Crippen molar-refractivity contribution in [1.82, 2.24) is 4.90 Å². The Bertz CT molecular complexity index is 1580. The van der Waals surface area contributed by atoms with Gasteiger partial charge in [0.2, 0.25) is 5.79 Å². The molecule has 4 aliphatic heterocycles. The summed E-state index contributed by atoms with van der Waals surface area (Å²) in [5.41, 5.74) is 0. The number of ether oxygens (including phenoxy) is 7. The molecule has 0 aromatic carbocycles. The lowest BCUT2D eigenvalue weighted by atomic mass is 9.77. The van der Waals surface area contributed by atoms with E-state index in [4.69, 9.17) is 33.2 Å². The Morgan fingerprint density at radius 1 is 0.746 bits per heavy atom. The zero-order valence-electron chi connectivity index (χ0n) is 42.3. The Labute approximate surface area is 401 Å². The first-order valence-corrected chi connectivity index (χ1v) is 25.7. The summed E-state index contributed by atoms with van der Waals surface area (Å²) in [5.74, 6) is -3.68. The maximum atomic E-state index is 14.5. The van der Waals surface area contributed by atoms with Gasteiger partial charge in [0.1, 0.15) is 18.3 Å². The molecule has 1 saturated carbocycles. The van der Waals surface area contributed by atoms with Gasteiger partial charge < -0.3 is 63.6 Å². The molecule has 4 bridgehead atoms. The van der Waals surface area contributed by atoms with Crippen molar-refractivity contribution in [3.8, 4) is 0 Å². The zero-order chi connectivity index (χ0) is 49.2. The molecular formula is C52H89NO14. The Hall–Kier alpha value is -2.18. The van der Waals surface area contributed by atoms with Crippen LogP contribution < -0.4 is 0 Å². The van der Waals surface area contributed by atoms with Crippen LogP contribution in [0.4, 0.5) is 4.79 Å². The molecule has 0 spiro atoms. The molecule has 15 nitrogen and oxygen atoms in total. The molecule has 3 saturated heterocycles. The fourth-order valence-corrected chi connectivity index (χ4v) is 11.9. The number of carbonyl (C=O) groups is 2. The summed E-state index contributed by atoms with van der Waals surface area (Å²) in [7, 11) is 4.88. The molecule has 0 aromatic rings. The zero-order valence-corrected chi connectivity index (χ0v) is 42.3. The van der Waals surface area contributed by atoms with Crippen LogP contribution in [0.3, 0.4) is 0 Å². The van der Waals surface area contributed by atoms with E-state index >= 15 is 0 Å². The average molecular weight is 952 g/mol. The molecule has 4 fully saturated rings. The number of allylic oxidation sites excluding steroid dienone is 4. The van der Waals surface area contributed by atoms with Gasteiger partial charge >= 0.3 is 6.16 Å². The second-order valence-corrected chi connectivity index (χ2v) is 21.6. The molecule has 0 aromatic heterocycles. The summed E-state index contributed by atoms with van der Waals surface area (Å²) in [5, 5.41) is 58.6. The van der Waals surface area contributed by atoms with Crippen molar-refractivity contribution in [3.05, 3.63) is 24.3 Å². The average Bonchev–Trinajstić information content (AvgIpc) is 3.30. The molecule has 5 N–H and O–H groups in total. The van der Waals surface area contributed by atoms with E-state index in [1.807, 2.05) is 32.9 Å². The summed E-state index contributed by atoms with van der Waals surface area (Å²) in [6, 6.07) is -0.827. The van der Waals surface area contributed by atoms with Crippen LogP contribution in [-0.4, -0.2) is 150 Å². The minimum Gasteiger partial charge on any atom is -0.428 e. The molecular weight excluding hydrogens is 863 g/mol. The Morgan fingerprint density at radius 2 is 1.43 bits per heavy atom. The summed E-state index contributed by atoms with van der Waals surface area (Å²) in [4.78, 5) is 28.9. The SMILES string of the molecule is COC1CC(C[C@@H](C)[C@H]2C[C@H](O)[C@H](C)CC(C)C3OC(=O)OC(C(C)C[C@H](C)/C=C/C=C/C[C@@H](C)[C@@H](OC)C[C@@H]4CCC(C)C(O)(O4)[C@@H](O)C(=O)N4CCCCC4[C@H](O)O2)C3OC)CCC1O. The van der Waals surface area contributed by atoms with E-state index in [1.165, 1.54) is 4.90 Å². The summed E-state index contributed by atoms with van der Waals surface area (Å²) >= 11 is 0. The molecule has 1 amide bonds. The Kier molecular flexibility index (Phi) is 21.5. The van der Waals surface area contributed by atoms with Gasteiger partial charge in [-0.15, -0.1) is 0 Å². The van der Waals surface area contributed by atoms with Crippen molar-refractivity contribution in [2.75, 3.05) is 27.9 Å². The molecule has 0 radical (unpaired) electrons. The summed E-state index contributed by atoms with van der Waals surface area (Å²) in [6.45, 7) is 14.3. The number of aliphatic hydroxyl groups is 5. The Morgan fingerprint density at radius 3 is 2.10 bits per heavy atom. The molecule has 67 heavy (non-hydrogen) atoms. The lowest BCUT2D eigenvalue weighted by Crippen LogP contribution is -2.63. The largest absolute Gasteiger partial charge is 0.509 e. The summed E-state index contributed by atoms with van der Waals surface area (Å²) < 4.78 is 42.3. The second kappa shape index (κ2) is 25.8. The van der Waals surface area contributed by atoms with Gasteiger partial charge in [0.15, 0.2) is 12.4 Å². The van der Waals surface area contributed by atoms with Crippen molar-refractivity contribution >= 4 is 12.1 Å². The molecule has 15 heteroatoms. The van der Waals surface area contributed by atoms with Crippen molar-refractivity contribution in [1.29, 1.82) is 0 Å². The highest BCUT2D eigenvalue weighted by Gasteiger charge is 2.53. The quantitative estimate of drug-likeness (QED) is 0.176.